The molecule has 2 heteroatoms. The third-order valence-electron chi connectivity index (χ3n) is 3.24. The Morgan fingerprint density at radius 3 is 2.33 bits per heavy atom. The van der Waals surface area contributed by atoms with E-state index in [0.717, 1.165) is 6.54 Å². The highest BCUT2D eigenvalue weighted by Crippen LogP contribution is 2.23. The molecule has 1 aliphatic heterocycles. The van der Waals surface area contributed by atoms with Crippen LogP contribution in [-0.4, -0.2) is 24.5 Å². The van der Waals surface area contributed by atoms with Gasteiger partial charge in [0.15, 0.2) is 0 Å². The topological polar surface area (TPSA) is 29.3 Å². The molecule has 1 aromatic carbocycles. The third-order valence-corrected chi connectivity index (χ3v) is 3.24. The second-order valence-corrected chi connectivity index (χ2v) is 4.26. The van der Waals surface area contributed by atoms with Crippen molar-refractivity contribution in [2.45, 2.75) is 25.3 Å². The smallest absolute Gasteiger partial charge is 0.0470 e. The molecular weight excluding hydrogens is 184 g/mol. The Labute approximate surface area is 92.1 Å². The normalized spacial score (nSPS) is 20.1. The van der Waals surface area contributed by atoms with E-state index in [9.17, 15) is 0 Å². The van der Waals surface area contributed by atoms with Gasteiger partial charge in [-0.1, -0.05) is 36.8 Å². The minimum atomic E-state index is 0.423. The van der Waals surface area contributed by atoms with Crippen LogP contribution in [0.5, 0.6) is 0 Å². The van der Waals surface area contributed by atoms with Crippen LogP contribution >= 0.6 is 0 Å². The van der Waals surface area contributed by atoms with Crippen molar-refractivity contribution in [1.82, 2.24) is 4.90 Å². The van der Waals surface area contributed by atoms with Gasteiger partial charge < -0.3 is 5.73 Å². The highest BCUT2D eigenvalue weighted by atomic mass is 15.2. The summed E-state index contributed by atoms with van der Waals surface area (Å²) in [5.74, 6) is 0. The summed E-state index contributed by atoms with van der Waals surface area (Å²) < 4.78 is 0. The van der Waals surface area contributed by atoms with Gasteiger partial charge in [0.1, 0.15) is 0 Å². The number of nitrogens with zero attached hydrogens (tertiary/aromatic N) is 1. The van der Waals surface area contributed by atoms with Gasteiger partial charge in [0.25, 0.3) is 0 Å². The molecule has 0 unspecified atom stereocenters. The Balaban J connectivity index is 2.09. The van der Waals surface area contributed by atoms with Crippen molar-refractivity contribution in [2.24, 2.45) is 5.73 Å². The number of hydrogen-bond donors (Lipinski definition) is 1. The lowest BCUT2D eigenvalue weighted by Crippen LogP contribution is -2.37. The number of hydrogen-bond acceptors (Lipinski definition) is 2. The van der Waals surface area contributed by atoms with Crippen LogP contribution in [0, 0.1) is 0 Å². The van der Waals surface area contributed by atoms with Crippen molar-refractivity contribution in [2.75, 3.05) is 19.6 Å². The van der Waals surface area contributed by atoms with E-state index in [4.69, 9.17) is 5.73 Å². The molecule has 1 heterocycles. The average Bonchev–Trinajstić information content (AvgIpc) is 2.33. The maximum atomic E-state index is 5.89. The van der Waals surface area contributed by atoms with E-state index in [0.29, 0.717) is 6.04 Å². The van der Waals surface area contributed by atoms with Crippen LogP contribution in [0.15, 0.2) is 30.3 Å². The van der Waals surface area contributed by atoms with Crippen molar-refractivity contribution in [3.8, 4) is 0 Å². The minimum absolute atomic E-state index is 0.423. The zero-order chi connectivity index (χ0) is 10.5. The van der Waals surface area contributed by atoms with Crippen LogP contribution < -0.4 is 5.73 Å². The van der Waals surface area contributed by atoms with Gasteiger partial charge in [0.05, 0.1) is 0 Å². The van der Waals surface area contributed by atoms with E-state index in [1.165, 1.54) is 37.9 Å². The lowest BCUT2D eigenvalue weighted by atomic mass is 10.0. The predicted octanol–water partition coefficient (Wildman–Crippen LogP) is 2.17. The van der Waals surface area contributed by atoms with Gasteiger partial charge in [0.2, 0.25) is 0 Å². The van der Waals surface area contributed by atoms with Crippen LogP contribution in [0.1, 0.15) is 30.9 Å². The maximum Gasteiger partial charge on any atom is 0.0470 e. The zero-order valence-corrected chi connectivity index (χ0v) is 9.23. The Bertz CT molecular complexity index is 278. The van der Waals surface area contributed by atoms with Crippen LogP contribution in [0.4, 0.5) is 0 Å². The summed E-state index contributed by atoms with van der Waals surface area (Å²) >= 11 is 0. The molecular formula is C13H20N2. The second-order valence-electron chi connectivity index (χ2n) is 4.26. The molecule has 0 radical (unpaired) electrons. The van der Waals surface area contributed by atoms with Crippen molar-refractivity contribution >= 4 is 0 Å². The van der Waals surface area contributed by atoms with Crippen LogP contribution in [0.3, 0.4) is 0 Å². The molecule has 1 fully saturated rings. The fourth-order valence-corrected chi connectivity index (χ4v) is 2.40. The van der Waals surface area contributed by atoms with E-state index >= 15 is 0 Å². The summed E-state index contributed by atoms with van der Waals surface area (Å²) in [7, 11) is 0. The molecule has 0 aliphatic carbocycles. The first-order chi connectivity index (χ1) is 7.42. The number of likely N-dealkylation sites (tertiary alicyclic amines) is 1. The molecule has 0 amide bonds. The zero-order valence-electron chi connectivity index (χ0n) is 9.23. The molecule has 0 aromatic heterocycles. The molecule has 1 saturated heterocycles. The highest BCUT2D eigenvalue weighted by Gasteiger charge is 2.20. The molecule has 0 bridgehead atoms. The summed E-state index contributed by atoms with van der Waals surface area (Å²) in [6.07, 6.45) is 4.02. The summed E-state index contributed by atoms with van der Waals surface area (Å²) in [5, 5.41) is 0. The molecule has 1 aliphatic rings. The first-order valence-corrected chi connectivity index (χ1v) is 5.91. The number of benzene rings is 1. The Kier molecular flexibility index (Phi) is 3.75. The lowest BCUT2D eigenvalue weighted by Gasteiger charge is -2.34. The highest BCUT2D eigenvalue weighted by molar-refractivity contribution is 5.19. The molecule has 1 atom stereocenters. The Hall–Kier alpha value is -0.860. The van der Waals surface area contributed by atoms with Gasteiger partial charge in [-0.15, -0.1) is 0 Å². The summed E-state index contributed by atoms with van der Waals surface area (Å²) in [6.45, 7) is 3.14. The van der Waals surface area contributed by atoms with Crippen LogP contribution in [0.25, 0.3) is 0 Å². The minimum Gasteiger partial charge on any atom is -0.329 e. The standard InChI is InChI=1S/C13H20N2/c14-11-13(12-7-3-1-4-8-12)15-9-5-2-6-10-15/h1,3-4,7-8,13H,2,5-6,9-11,14H2/t13-/m0/s1. The number of nitrogens with two attached hydrogens (primary N) is 1. The number of piperidine rings is 1. The maximum absolute atomic E-state index is 5.89. The molecule has 15 heavy (non-hydrogen) atoms. The van der Waals surface area contributed by atoms with E-state index in [1.807, 2.05) is 0 Å². The molecule has 2 N–H and O–H groups in total. The molecule has 2 nitrogen and oxygen atoms in total. The summed E-state index contributed by atoms with van der Waals surface area (Å²) in [5.41, 5.74) is 7.26. The first kappa shape index (κ1) is 10.7. The molecule has 0 spiro atoms. The van der Waals surface area contributed by atoms with Crippen LogP contribution in [0.2, 0.25) is 0 Å². The van der Waals surface area contributed by atoms with Crippen molar-refractivity contribution in [3.05, 3.63) is 35.9 Å². The van der Waals surface area contributed by atoms with Gasteiger partial charge in [-0.05, 0) is 31.5 Å². The van der Waals surface area contributed by atoms with Gasteiger partial charge in [-0.2, -0.15) is 0 Å². The molecule has 2 rings (SSSR count). The molecule has 0 saturated carbocycles. The van der Waals surface area contributed by atoms with Crippen LogP contribution in [-0.2, 0) is 0 Å². The average molecular weight is 204 g/mol. The van der Waals surface area contributed by atoms with E-state index < -0.39 is 0 Å². The SMILES string of the molecule is NC[C@@H](c1ccccc1)N1CCCCC1. The van der Waals surface area contributed by atoms with Crippen molar-refractivity contribution < 1.29 is 0 Å². The van der Waals surface area contributed by atoms with Crippen molar-refractivity contribution in [1.29, 1.82) is 0 Å². The van der Waals surface area contributed by atoms with E-state index in [2.05, 4.69) is 35.2 Å². The first-order valence-electron chi connectivity index (χ1n) is 5.91. The largest absolute Gasteiger partial charge is 0.329 e. The second kappa shape index (κ2) is 5.29. The van der Waals surface area contributed by atoms with E-state index in [-0.39, 0.29) is 0 Å². The quantitative estimate of drug-likeness (QED) is 0.817. The van der Waals surface area contributed by atoms with Crippen molar-refractivity contribution in [3.63, 3.8) is 0 Å². The fraction of sp³-hybridized carbons (Fsp3) is 0.538. The monoisotopic (exact) mass is 204 g/mol. The van der Waals surface area contributed by atoms with Gasteiger partial charge in [-0.3, -0.25) is 4.90 Å². The van der Waals surface area contributed by atoms with E-state index in [1.54, 1.807) is 0 Å². The van der Waals surface area contributed by atoms with Gasteiger partial charge in [-0.25, -0.2) is 0 Å². The van der Waals surface area contributed by atoms with Gasteiger partial charge >= 0.3 is 0 Å². The summed E-state index contributed by atoms with van der Waals surface area (Å²) in [6, 6.07) is 11.1. The molecule has 1 aromatic rings. The summed E-state index contributed by atoms with van der Waals surface area (Å²) in [4.78, 5) is 2.53. The Morgan fingerprint density at radius 2 is 1.73 bits per heavy atom. The predicted molar refractivity (Wildman–Crippen MR) is 63.7 cm³/mol. The molecule has 82 valence electrons. The fourth-order valence-electron chi connectivity index (χ4n) is 2.40. The lowest BCUT2D eigenvalue weighted by molar-refractivity contribution is 0.167. The third kappa shape index (κ3) is 2.58. The number of rotatable bonds is 3. The Morgan fingerprint density at radius 1 is 1.07 bits per heavy atom. The van der Waals surface area contributed by atoms with Gasteiger partial charge in [0, 0.05) is 12.6 Å².